The normalized spacial score (nSPS) is 16.4. The number of piperazine rings is 1. The summed E-state index contributed by atoms with van der Waals surface area (Å²) in [4.78, 5) is 24.6. The van der Waals surface area contributed by atoms with Crippen molar-refractivity contribution in [3.05, 3.63) is 16.1 Å². The molecule has 8 heteroatoms. The topological polar surface area (TPSA) is 84.0 Å². The molecule has 1 aromatic heterocycles. The van der Waals surface area contributed by atoms with E-state index in [2.05, 4.69) is 15.4 Å². The zero-order valence-corrected chi connectivity index (χ0v) is 15.7. The second-order valence-electron chi connectivity index (χ2n) is 6.80. The van der Waals surface area contributed by atoms with Crippen molar-refractivity contribution in [3.63, 3.8) is 0 Å². The zero-order valence-electron chi connectivity index (χ0n) is 14.9. The number of aryl methyl sites for hydroxylation is 1. The van der Waals surface area contributed by atoms with E-state index in [1.807, 2.05) is 32.6 Å². The Morgan fingerprint density at radius 3 is 2.50 bits per heavy atom. The van der Waals surface area contributed by atoms with E-state index >= 15 is 0 Å². The third kappa shape index (κ3) is 5.67. The molecular weight excluding hydrogens is 326 g/mol. The molecule has 2 N–H and O–H groups in total. The van der Waals surface area contributed by atoms with Gasteiger partial charge in [-0.25, -0.2) is 9.78 Å². The van der Waals surface area contributed by atoms with E-state index in [-0.39, 0.29) is 6.09 Å². The van der Waals surface area contributed by atoms with Crippen LogP contribution in [0.4, 0.5) is 4.79 Å². The van der Waals surface area contributed by atoms with Crippen LogP contribution in [0.25, 0.3) is 0 Å². The number of hydrogen-bond donors (Lipinski definition) is 1. The van der Waals surface area contributed by atoms with Crippen molar-refractivity contribution < 1.29 is 9.53 Å². The van der Waals surface area contributed by atoms with Gasteiger partial charge in [-0.15, -0.1) is 11.3 Å². The number of nitrogens with zero attached hydrogens (tertiary/aromatic N) is 4. The smallest absolute Gasteiger partial charge is 0.410 e. The van der Waals surface area contributed by atoms with Crippen LogP contribution in [0, 0.1) is 6.92 Å². The molecule has 2 rings (SSSR count). The van der Waals surface area contributed by atoms with Crippen molar-refractivity contribution in [3.8, 4) is 0 Å². The van der Waals surface area contributed by atoms with Crippen LogP contribution in [0.15, 0.2) is 10.4 Å². The first-order valence-corrected chi connectivity index (χ1v) is 9.06. The fraction of sp³-hybridized carbons (Fsp3) is 0.688. The van der Waals surface area contributed by atoms with E-state index in [4.69, 9.17) is 10.5 Å². The second kappa shape index (κ2) is 7.83. The summed E-state index contributed by atoms with van der Waals surface area (Å²) in [7, 11) is 0. The van der Waals surface area contributed by atoms with Gasteiger partial charge in [-0.05, 0) is 27.7 Å². The summed E-state index contributed by atoms with van der Waals surface area (Å²) < 4.78 is 5.39. The van der Waals surface area contributed by atoms with Gasteiger partial charge in [-0.1, -0.05) is 0 Å². The third-order valence-electron chi connectivity index (χ3n) is 3.56. The number of aliphatic imine (C=N–C) groups is 1. The molecule has 1 aromatic rings. The van der Waals surface area contributed by atoms with E-state index < -0.39 is 5.60 Å². The molecule has 1 aliphatic heterocycles. The van der Waals surface area contributed by atoms with Crippen molar-refractivity contribution in [2.24, 2.45) is 10.7 Å². The lowest BCUT2D eigenvalue weighted by atomic mass is 10.2. The first-order valence-electron chi connectivity index (χ1n) is 8.18. The number of guanidine groups is 1. The van der Waals surface area contributed by atoms with Crippen molar-refractivity contribution in [1.29, 1.82) is 0 Å². The lowest BCUT2D eigenvalue weighted by Crippen LogP contribution is -2.53. The number of rotatable bonds is 3. The Morgan fingerprint density at radius 2 is 1.96 bits per heavy atom. The van der Waals surface area contributed by atoms with Crippen LogP contribution in [0.2, 0.25) is 0 Å². The fourth-order valence-corrected chi connectivity index (χ4v) is 3.00. The van der Waals surface area contributed by atoms with Gasteiger partial charge in [0.25, 0.3) is 0 Å². The molecule has 0 aromatic carbocycles. The van der Waals surface area contributed by atoms with Gasteiger partial charge >= 0.3 is 6.09 Å². The molecule has 7 nitrogen and oxygen atoms in total. The highest BCUT2D eigenvalue weighted by atomic mass is 32.1. The monoisotopic (exact) mass is 353 g/mol. The molecule has 0 unspecified atom stereocenters. The van der Waals surface area contributed by atoms with Crippen LogP contribution in [-0.2, 0) is 11.2 Å². The molecule has 0 spiro atoms. The summed E-state index contributed by atoms with van der Waals surface area (Å²) in [5, 5.41) is 3.13. The summed E-state index contributed by atoms with van der Waals surface area (Å²) >= 11 is 1.65. The highest BCUT2D eigenvalue weighted by Gasteiger charge is 2.26. The van der Waals surface area contributed by atoms with Crippen LogP contribution in [0.1, 0.15) is 31.5 Å². The summed E-state index contributed by atoms with van der Waals surface area (Å²) in [6.45, 7) is 10.8. The quantitative estimate of drug-likeness (QED) is 0.662. The maximum atomic E-state index is 12.0. The molecule has 0 bridgehead atoms. The predicted octanol–water partition coefficient (Wildman–Crippen LogP) is 1.86. The van der Waals surface area contributed by atoms with Gasteiger partial charge in [0.05, 0.1) is 10.7 Å². The predicted molar refractivity (Wildman–Crippen MR) is 96.4 cm³/mol. The highest BCUT2D eigenvalue weighted by molar-refractivity contribution is 7.09. The standard InChI is InChI=1S/C16H27N5O2S/c1-12-19-13(11-24-12)5-6-18-14(17)20-7-9-21(10-8-20)15(22)23-16(2,3)4/h11H,5-10H2,1-4H3,(H2,17,18). The molecule has 0 aliphatic carbocycles. The fourth-order valence-electron chi connectivity index (χ4n) is 2.35. The molecule has 0 saturated carbocycles. The van der Waals surface area contributed by atoms with Crippen LogP contribution < -0.4 is 5.73 Å². The van der Waals surface area contributed by atoms with Gasteiger partial charge in [0.2, 0.25) is 0 Å². The lowest BCUT2D eigenvalue weighted by molar-refractivity contribution is 0.0186. The van der Waals surface area contributed by atoms with Crippen LogP contribution >= 0.6 is 11.3 Å². The van der Waals surface area contributed by atoms with Gasteiger partial charge in [0.15, 0.2) is 5.96 Å². The molecule has 2 heterocycles. The third-order valence-corrected chi connectivity index (χ3v) is 4.39. The molecule has 0 radical (unpaired) electrons. The van der Waals surface area contributed by atoms with Gasteiger partial charge in [0, 0.05) is 44.5 Å². The van der Waals surface area contributed by atoms with Crippen LogP contribution in [-0.4, -0.2) is 65.2 Å². The van der Waals surface area contributed by atoms with Gasteiger partial charge in [-0.3, -0.25) is 4.99 Å². The Labute approximate surface area is 147 Å². The maximum Gasteiger partial charge on any atom is 0.410 e. The molecule has 1 amide bonds. The SMILES string of the molecule is Cc1nc(CCN=C(N)N2CCN(C(=O)OC(C)(C)C)CC2)cs1. The summed E-state index contributed by atoms with van der Waals surface area (Å²) in [6.07, 6.45) is 0.527. The first kappa shape index (κ1) is 18.5. The lowest BCUT2D eigenvalue weighted by Gasteiger charge is -2.36. The number of ether oxygens (including phenoxy) is 1. The minimum absolute atomic E-state index is 0.267. The van der Waals surface area contributed by atoms with E-state index in [1.54, 1.807) is 16.2 Å². The molecule has 0 atom stereocenters. The first-order chi connectivity index (χ1) is 11.2. The van der Waals surface area contributed by atoms with E-state index in [0.29, 0.717) is 38.7 Å². The van der Waals surface area contributed by atoms with Crippen LogP contribution in [0.3, 0.4) is 0 Å². The molecule has 1 aliphatic rings. The summed E-state index contributed by atoms with van der Waals surface area (Å²) in [6, 6.07) is 0. The van der Waals surface area contributed by atoms with E-state index in [9.17, 15) is 4.79 Å². The average molecular weight is 353 g/mol. The van der Waals surface area contributed by atoms with Crippen molar-refractivity contribution in [1.82, 2.24) is 14.8 Å². The molecule has 1 saturated heterocycles. The Kier molecular flexibility index (Phi) is 6.04. The number of nitrogens with two attached hydrogens (primary N) is 1. The number of aromatic nitrogens is 1. The highest BCUT2D eigenvalue weighted by Crippen LogP contribution is 2.12. The van der Waals surface area contributed by atoms with E-state index in [0.717, 1.165) is 17.1 Å². The van der Waals surface area contributed by atoms with Crippen LogP contribution in [0.5, 0.6) is 0 Å². The van der Waals surface area contributed by atoms with Crippen molar-refractivity contribution in [2.45, 2.75) is 39.7 Å². The number of carbonyl (C=O) groups excluding carboxylic acids is 1. The molecule has 1 fully saturated rings. The number of carbonyl (C=O) groups is 1. The second-order valence-corrected chi connectivity index (χ2v) is 7.86. The maximum absolute atomic E-state index is 12.0. The molecular formula is C16H27N5O2S. The van der Waals surface area contributed by atoms with Crippen molar-refractivity contribution >= 4 is 23.4 Å². The Balaban J connectivity index is 1.76. The Morgan fingerprint density at radius 1 is 1.33 bits per heavy atom. The number of thiazole rings is 1. The van der Waals surface area contributed by atoms with Gasteiger partial charge in [0.1, 0.15) is 5.60 Å². The molecule has 24 heavy (non-hydrogen) atoms. The average Bonchev–Trinajstić information content (AvgIpc) is 2.91. The Hall–Kier alpha value is -1.83. The zero-order chi connectivity index (χ0) is 17.7. The van der Waals surface area contributed by atoms with Gasteiger partial charge in [-0.2, -0.15) is 0 Å². The summed E-state index contributed by atoms with van der Waals surface area (Å²) in [5.74, 6) is 0.533. The summed E-state index contributed by atoms with van der Waals surface area (Å²) in [5.41, 5.74) is 6.65. The number of amides is 1. The molecule has 134 valence electrons. The van der Waals surface area contributed by atoms with Crippen molar-refractivity contribution in [2.75, 3.05) is 32.7 Å². The minimum Gasteiger partial charge on any atom is -0.444 e. The van der Waals surface area contributed by atoms with E-state index in [1.165, 1.54) is 0 Å². The Bertz CT molecular complexity index is 586. The number of hydrogen-bond acceptors (Lipinski definition) is 5. The minimum atomic E-state index is -0.469. The van der Waals surface area contributed by atoms with Gasteiger partial charge < -0.3 is 20.3 Å². The largest absolute Gasteiger partial charge is 0.444 e.